The van der Waals surface area contributed by atoms with Crippen LogP contribution in [0, 0.1) is 0 Å². The SMILES string of the molecule is Nc1nc(N)nc(SCC(=O)Nc2ccc3c(c2)OC(F)(F)O3)n1. The number of nitrogen functional groups attached to an aromatic ring is 2. The van der Waals surface area contributed by atoms with Crippen LogP contribution >= 0.6 is 11.8 Å². The molecule has 1 aromatic carbocycles. The van der Waals surface area contributed by atoms with Crippen molar-refractivity contribution in [2.45, 2.75) is 11.5 Å². The number of fused-ring (bicyclic) bond motifs is 1. The number of nitrogens with zero attached hydrogens (tertiary/aromatic N) is 3. The lowest BCUT2D eigenvalue weighted by Gasteiger charge is -2.06. The van der Waals surface area contributed by atoms with Gasteiger partial charge in [0.2, 0.25) is 17.8 Å². The van der Waals surface area contributed by atoms with Crippen molar-refractivity contribution in [3.63, 3.8) is 0 Å². The number of benzene rings is 1. The highest BCUT2D eigenvalue weighted by molar-refractivity contribution is 7.99. The van der Waals surface area contributed by atoms with Crippen LogP contribution in [0.5, 0.6) is 11.5 Å². The van der Waals surface area contributed by atoms with Gasteiger partial charge < -0.3 is 26.3 Å². The summed E-state index contributed by atoms with van der Waals surface area (Å²) in [6.07, 6.45) is -3.71. The first kappa shape index (κ1) is 16.0. The Kier molecular flexibility index (Phi) is 3.97. The second-order valence-electron chi connectivity index (χ2n) is 4.50. The minimum atomic E-state index is -3.71. The van der Waals surface area contributed by atoms with Gasteiger partial charge >= 0.3 is 6.29 Å². The van der Waals surface area contributed by atoms with Gasteiger partial charge in [0.25, 0.3) is 0 Å². The number of carbonyl (C=O) groups is 1. The fourth-order valence-electron chi connectivity index (χ4n) is 1.81. The topological polar surface area (TPSA) is 138 Å². The summed E-state index contributed by atoms with van der Waals surface area (Å²) in [6.45, 7) is 0. The van der Waals surface area contributed by atoms with Gasteiger partial charge in [-0.05, 0) is 12.1 Å². The average molecular weight is 356 g/mol. The first-order chi connectivity index (χ1) is 11.3. The molecule has 0 bridgehead atoms. The van der Waals surface area contributed by atoms with Gasteiger partial charge in [0.1, 0.15) is 0 Å². The van der Waals surface area contributed by atoms with Gasteiger partial charge in [-0.15, -0.1) is 8.78 Å². The fraction of sp³-hybridized carbons (Fsp3) is 0.167. The normalized spacial score (nSPS) is 14.4. The molecule has 5 N–H and O–H groups in total. The number of nitrogens with two attached hydrogens (primary N) is 2. The molecule has 24 heavy (non-hydrogen) atoms. The Balaban J connectivity index is 1.60. The molecule has 1 aliphatic rings. The largest absolute Gasteiger partial charge is 0.586 e. The number of hydrogen-bond acceptors (Lipinski definition) is 9. The van der Waals surface area contributed by atoms with E-state index in [9.17, 15) is 13.6 Å². The zero-order valence-electron chi connectivity index (χ0n) is 11.8. The molecular formula is C12H10F2N6O3S. The molecule has 0 fully saturated rings. The maximum Gasteiger partial charge on any atom is 0.586 e. The Morgan fingerprint density at radius 1 is 1.17 bits per heavy atom. The highest BCUT2D eigenvalue weighted by atomic mass is 32.2. The first-order valence-corrected chi connectivity index (χ1v) is 7.39. The molecule has 2 aromatic rings. The van der Waals surface area contributed by atoms with E-state index in [1.165, 1.54) is 18.2 Å². The van der Waals surface area contributed by atoms with Crippen molar-refractivity contribution >= 4 is 35.3 Å². The standard InChI is InChI=1S/C12H10F2N6O3S/c13-12(14)22-6-2-1-5(3-7(6)23-12)17-8(21)4-24-11-19-9(15)18-10(16)20-11/h1-3H,4H2,(H,17,21)(H4,15,16,18,19,20). The second-order valence-corrected chi connectivity index (χ2v) is 5.44. The third-order valence-electron chi connectivity index (χ3n) is 2.67. The highest BCUT2D eigenvalue weighted by Gasteiger charge is 2.43. The van der Waals surface area contributed by atoms with E-state index in [-0.39, 0.29) is 40.0 Å². The van der Waals surface area contributed by atoms with E-state index in [0.29, 0.717) is 0 Å². The third kappa shape index (κ3) is 3.71. The molecule has 126 valence electrons. The molecular weight excluding hydrogens is 346 g/mol. The van der Waals surface area contributed by atoms with E-state index in [1.54, 1.807) is 0 Å². The van der Waals surface area contributed by atoms with Crippen LogP contribution < -0.4 is 26.3 Å². The molecule has 1 aromatic heterocycles. The van der Waals surface area contributed by atoms with Crippen LogP contribution in [0.4, 0.5) is 26.4 Å². The summed E-state index contributed by atoms with van der Waals surface area (Å²) < 4.78 is 34.4. The van der Waals surface area contributed by atoms with Crippen LogP contribution in [-0.2, 0) is 4.79 Å². The van der Waals surface area contributed by atoms with Crippen LogP contribution in [0.25, 0.3) is 0 Å². The molecule has 0 unspecified atom stereocenters. The summed E-state index contributed by atoms with van der Waals surface area (Å²) in [5, 5.41) is 2.72. The van der Waals surface area contributed by atoms with Crippen molar-refractivity contribution in [3.8, 4) is 11.5 Å². The quantitative estimate of drug-likeness (QED) is 0.687. The molecule has 0 saturated carbocycles. The van der Waals surface area contributed by atoms with E-state index >= 15 is 0 Å². The van der Waals surface area contributed by atoms with Crippen molar-refractivity contribution in [2.24, 2.45) is 0 Å². The van der Waals surface area contributed by atoms with Gasteiger partial charge in [-0.1, -0.05) is 11.8 Å². The Bertz CT molecular complexity index is 786. The Hall–Kier alpha value is -2.89. The number of thioether (sulfide) groups is 1. The zero-order chi connectivity index (χ0) is 17.3. The van der Waals surface area contributed by atoms with Gasteiger partial charge in [-0.3, -0.25) is 4.79 Å². The molecule has 0 radical (unpaired) electrons. The van der Waals surface area contributed by atoms with Crippen molar-refractivity contribution in [1.29, 1.82) is 0 Å². The maximum absolute atomic E-state index is 12.9. The predicted molar refractivity (Wildman–Crippen MR) is 80.7 cm³/mol. The summed E-state index contributed by atoms with van der Waals surface area (Å²) in [7, 11) is 0. The van der Waals surface area contributed by atoms with Crippen LogP contribution in [0.2, 0.25) is 0 Å². The lowest BCUT2D eigenvalue weighted by molar-refractivity contribution is -0.286. The van der Waals surface area contributed by atoms with Crippen molar-refractivity contribution in [3.05, 3.63) is 18.2 Å². The van der Waals surface area contributed by atoms with E-state index in [4.69, 9.17) is 11.5 Å². The molecule has 3 rings (SSSR count). The predicted octanol–water partition coefficient (Wildman–Crippen LogP) is 1.09. The number of aromatic nitrogens is 3. The number of rotatable bonds is 4. The molecule has 1 aliphatic heterocycles. The minimum Gasteiger partial charge on any atom is -0.395 e. The number of nitrogens with one attached hydrogen (secondary N) is 1. The zero-order valence-corrected chi connectivity index (χ0v) is 12.6. The van der Waals surface area contributed by atoms with E-state index in [1.807, 2.05) is 0 Å². The van der Waals surface area contributed by atoms with Gasteiger partial charge in [0.15, 0.2) is 16.7 Å². The lowest BCUT2D eigenvalue weighted by Crippen LogP contribution is -2.25. The molecule has 0 spiro atoms. The van der Waals surface area contributed by atoms with Crippen LogP contribution in [0.3, 0.4) is 0 Å². The smallest absolute Gasteiger partial charge is 0.395 e. The van der Waals surface area contributed by atoms with E-state index in [2.05, 4.69) is 29.7 Å². The summed E-state index contributed by atoms with van der Waals surface area (Å²) in [5.41, 5.74) is 11.1. The van der Waals surface area contributed by atoms with E-state index in [0.717, 1.165) is 11.8 Å². The molecule has 0 aliphatic carbocycles. The third-order valence-corrected chi connectivity index (χ3v) is 3.51. The van der Waals surface area contributed by atoms with E-state index < -0.39 is 12.2 Å². The van der Waals surface area contributed by atoms with Gasteiger partial charge in [-0.25, -0.2) is 0 Å². The molecule has 0 atom stereocenters. The molecule has 1 amide bonds. The number of ether oxygens (including phenoxy) is 2. The fourth-order valence-corrected chi connectivity index (χ4v) is 2.46. The van der Waals surface area contributed by atoms with Gasteiger partial charge in [-0.2, -0.15) is 15.0 Å². The summed E-state index contributed by atoms with van der Waals surface area (Å²) in [6, 6.07) is 3.91. The molecule has 9 nitrogen and oxygen atoms in total. The number of anilines is 3. The van der Waals surface area contributed by atoms with Gasteiger partial charge in [0, 0.05) is 11.8 Å². The number of alkyl halides is 2. The maximum atomic E-state index is 12.9. The number of halogens is 2. The average Bonchev–Trinajstić information content (AvgIpc) is 2.77. The van der Waals surface area contributed by atoms with Crippen molar-refractivity contribution < 1.29 is 23.0 Å². The number of hydrogen-bond donors (Lipinski definition) is 3. The summed E-state index contributed by atoms with van der Waals surface area (Å²) >= 11 is 0.991. The van der Waals surface area contributed by atoms with Crippen LogP contribution in [0.1, 0.15) is 0 Å². The van der Waals surface area contributed by atoms with Crippen molar-refractivity contribution in [2.75, 3.05) is 22.5 Å². The second kappa shape index (κ2) is 5.96. The lowest BCUT2D eigenvalue weighted by atomic mass is 10.3. The summed E-state index contributed by atoms with van der Waals surface area (Å²) in [4.78, 5) is 23.1. The Morgan fingerprint density at radius 3 is 2.54 bits per heavy atom. The Morgan fingerprint density at radius 2 is 1.83 bits per heavy atom. The molecule has 2 heterocycles. The number of amides is 1. The Labute approximate surface area is 137 Å². The van der Waals surface area contributed by atoms with Crippen molar-refractivity contribution in [1.82, 2.24) is 15.0 Å². The first-order valence-electron chi connectivity index (χ1n) is 6.40. The molecule has 0 saturated heterocycles. The van der Waals surface area contributed by atoms with Crippen LogP contribution in [-0.4, -0.2) is 32.9 Å². The van der Waals surface area contributed by atoms with Gasteiger partial charge in [0.05, 0.1) is 5.75 Å². The monoisotopic (exact) mass is 356 g/mol. The molecule has 12 heteroatoms. The minimum absolute atomic E-state index is 0.0481. The number of carbonyl (C=O) groups excluding carboxylic acids is 1. The summed E-state index contributed by atoms with van der Waals surface area (Å²) in [5.74, 6) is -0.840. The van der Waals surface area contributed by atoms with Crippen LogP contribution in [0.15, 0.2) is 23.4 Å². The highest BCUT2D eigenvalue weighted by Crippen LogP contribution is 2.42.